The van der Waals surface area contributed by atoms with E-state index in [0.29, 0.717) is 11.0 Å². The lowest BCUT2D eigenvalue weighted by molar-refractivity contribution is -0.113. The van der Waals surface area contributed by atoms with Gasteiger partial charge >= 0.3 is 0 Å². The fraction of sp³-hybridized carbons (Fsp3) is 0.0625. The first-order valence-corrected chi connectivity index (χ1v) is 9.54. The van der Waals surface area contributed by atoms with Crippen molar-refractivity contribution in [1.82, 2.24) is 15.2 Å². The van der Waals surface area contributed by atoms with Gasteiger partial charge in [-0.1, -0.05) is 61.8 Å². The molecule has 0 bridgehead atoms. The molecule has 5 nitrogen and oxygen atoms in total. The highest BCUT2D eigenvalue weighted by Gasteiger charge is 2.09. The molecular weight excluding hydrogens is 456 g/mol. The summed E-state index contributed by atoms with van der Waals surface area (Å²) in [6.07, 6.45) is 0. The Hall–Kier alpha value is -1.64. The Kier molecular flexibility index (Phi) is 5.70. The molecule has 2 aromatic carbocycles. The lowest BCUT2D eigenvalue weighted by Crippen LogP contribution is -2.14. The summed E-state index contributed by atoms with van der Waals surface area (Å²) in [6, 6.07) is 15.2. The molecule has 0 aliphatic carbocycles. The lowest BCUT2D eigenvalue weighted by atomic mass is 10.2. The number of carbonyl (C=O) groups excluding carboxylic acids is 1. The second-order valence-electron chi connectivity index (χ2n) is 4.82. The van der Waals surface area contributed by atoms with E-state index in [4.69, 9.17) is 0 Å². The van der Waals surface area contributed by atoms with Crippen LogP contribution in [0.5, 0.6) is 0 Å². The highest BCUT2D eigenvalue weighted by Crippen LogP contribution is 2.21. The fourth-order valence-electron chi connectivity index (χ4n) is 1.94. The number of aromatic amines is 1. The average Bonchev–Trinajstić information content (AvgIpc) is 3.03. The van der Waals surface area contributed by atoms with E-state index in [1.165, 1.54) is 11.8 Å². The largest absolute Gasteiger partial charge is 0.325 e. The molecule has 1 aromatic heterocycles. The zero-order valence-corrected chi connectivity index (χ0v) is 16.3. The molecule has 0 saturated carbocycles. The number of anilines is 1. The molecule has 0 atom stereocenters. The fourth-order valence-corrected chi connectivity index (χ4v) is 3.20. The zero-order chi connectivity index (χ0) is 16.9. The molecule has 2 N–H and O–H groups in total. The number of carbonyl (C=O) groups is 1. The van der Waals surface area contributed by atoms with Crippen molar-refractivity contribution < 1.29 is 4.79 Å². The summed E-state index contributed by atoms with van der Waals surface area (Å²) >= 11 is 8.06. The number of aromatic nitrogens is 3. The van der Waals surface area contributed by atoms with E-state index < -0.39 is 0 Å². The summed E-state index contributed by atoms with van der Waals surface area (Å²) in [5.74, 6) is 0.815. The molecule has 122 valence electrons. The van der Waals surface area contributed by atoms with Gasteiger partial charge in [-0.15, -0.1) is 5.10 Å². The monoisotopic (exact) mass is 466 g/mol. The first-order chi connectivity index (χ1) is 11.6. The minimum Gasteiger partial charge on any atom is -0.325 e. The molecule has 3 aromatic rings. The van der Waals surface area contributed by atoms with Crippen LogP contribution in [0.25, 0.3) is 11.4 Å². The second-order valence-corrected chi connectivity index (χ2v) is 7.59. The van der Waals surface area contributed by atoms with Gasteiger partial charge in [0.1, 0.15) is 0 Å². The quantitative estimate of drug-likeness (QED) is 0.532. The van der Waals surface area contributed by atoms with Gasteiger partial charge < -0.3 is 5.32 Å². The predicted molar refractivity (Wildman–Crippen MR) is 103 cm³/mol. The molecule has 0 unspecified atom stereocenters. The summed E-state index contributed by atoms with van der Waals surface area (Å²) < 4.78 is 1.92. The highest BCUT2D eigenvalue weighted by atomic mass is 79.9. The minimum atomic E-state index is -0.104. The summed E-state index contributed by atoms with van der Waals surface area (Å²) in [5, 5.41) is 10.4. The van der Waals surface area contributed by atoms with Crippen molar-refractivity contribution in [2.24, 2.45) is 0 Å². The van der Waals surface area contributed by atoms with E-state index in [-0.39, 0.29) is 11.7 Å². The van der Waals surface area contributed by atoms with Gasteiger partial charge in [-0.3, -0.25) is 9.89 Å². The Morgan fingerprint density at radius 3 is 2.67 bits per heavy atom. The maximum atomic E-state index is 12.0. The number of halogens is 2. The molecule has 0 fully saturated rings. The van der Waals surface area contributed by atoms with Gasteiger partial charge in [0.05, 0.1) is 5.75 Å². The van der Waals surface area contributed by atoms with Gasteiger partial charge in [0.2, 0.25) is 11.1 Å². The average molecular weight is 468 g/mol. The van der Waals surface area contributed by atoms with E-state index in [1.807, 2.05) is 48.5 Å². The first-order valence-electron chi connectivity index (χ1n) is 6.97. The Morgan fingerprint density at radius 2 is 1.92 bits per heavy atom. The predicted octanol–water partition coefficient (Wildman–Crippen LogP) is 4.73. The van der Waals surface area contributed by atoms with Crippen molar-refractivity contribution in [3.63, 3.8) is 0 Å². The van der Waals surface area contributed by atoms with Gasteiger partial charge in [-0.25, -0.2) is 4.98 Å². The third kappa shape index (κ3) is 4.68. The molecule has 1 amide bonds. The Balaban J connectivity index is 1.57. The van der Waals surface area contributed by atoms with Crippen molar-refractivity contribution in [3.05, 3.63) is 57.5 Å². The third-order valence-corrected chi connectivity index (χ3v) is 4.89. The van der Waals surface area contributed by atoms with Gasteiger partial charge in [0.25, 0.3) is 0 Å². The number of rotatable bonds is 5. The van der Waals surface area contributed by atoms with Crippen molar-refractivity contribution in [1.29, 1.82) is 0 Å². The molecule has 3 rings (SSSR count). The summed E-state index contributed by atoms with van der Waals surface area (Å²) in [6.45, 7) is 0. The standard InChI is InChI=1S/C16H12Br2N4OS/c17-11-6-4-10(5-7-11)15-20-16(22-21-15)24-9-14(23)19-13-3-1-2-12(18)8-13/h1-8H,9H2,(H,19,23)(H,20,21,22). The number of thioether (sulfide) groups is 1. The number of H-pyrrole nitrogens is 1. The molecular formula is C16H12Br2N4OS. The molecule has 8 heteroatoms. The van der Waals surface area contributed by atoms with E-state index in [0.717, 1.165) is 20.2 Å². The molecule has 0 saturated heterocycles. The first kappa shape index (κ1) is 17.2. The highest BCUT2D eigenvalue weighted by molar-refractivity contribution is 9.10. The molecule has 0 radical (unpaired) electrons. The van der Waals surface area contributed by atoms with E-state index >= 15 is 0 Å². The maximum Gasteiger partial charge on any atom is 0.234 e. The number of nitrogens with one attached hydrogen (secondary N) is 2. The molecule has 1 heterocycles. The molecule has 24 heavy (non-hydrogen) atoms. The number of amides is 1. The van der Waals surface area contributed by atoms with Crippen LogP contribution in [0.2, 0.25) is 0 Å². The van der Waals surface area contributed by atoms with Gasteiger partial charge in [0, 0.05) is 20.2 Å². The van der Waals surface area contributed by atoms with Crippen molar-refractivity contribution in [2.45, 2.75) is 5.16 Å². The Bertz CT molecular complexity index is 851. The SMILES string of the molecule is O=C(CSc1n[nH]c(-c2ccc(Br)cc2)n1)Nc1cccc(Br)c1. The zero-order valence-electron chi connectivity index (χ0n) is 12.3. The second kappa shape index (κ2) is 7.96. The topological polar surface area (TPSA) is 70.7 Å². The smallest absolute Gasteiger partial charge is 0.234 e. The van der Waals surface area contributed by atoms with Crippen molar-refractivity contribution >= 4 is 55.2 Å². The maximum absolute atomic E-state index is 12.0. The number of benzene rings is 2. The summed E-state index contributed by atoms with van der Waals surface area (Å²) in [7, 11) is 0. The molecule has 0 spiro atoms. The van der Waals surface area contributed by atoms with Crippen molar-refractivity contribution in [2.75, 3.05) is 11.1 Å². The van der Waals surface area contributed by atoms with Crippen LogP contribution in [0.1, 0.15) is 0 Å². The third-order valence-electron chi connectivity index (χ3n) is 3.02. The number of nitrogens with zero attached hydrogens (tertiary/aromatic N) is 2. The molecule has 0 aliphatic rings. The Morgan fingerprint density at radius 1 is 1.12 bits per heavy atom. The van der Waals surface area contributed by atoms with Crippen LogP contribution in [0.15, 0.2) is 62.6 Å². The summed E-state index contributed by atoms with van der Waals surface area (Å²) in [4.78, 5) is 16.4. The Labute approximate surface area is 159 Å². The van der Waals surface area contributed by atoms with Crippen LogP contribution in [0.4, 0.5) is 5.69 Å². The van der Waals surface area contributed by atoms with Crippen LogP contribution >= 0.6 is 43.6 Å². The lowest BCUT2D eigenvalue weighted by Gasteiger charge is -2.04. The van der Waals surface area contributed by atoms with E-state index in [2.05, 4.69) is 52.4 Å². The van der Waals surface area contributed by atoms with Crippen LogP contribution in [-0.4, -0.2) is 26.8 Å². The summed E-state index contributed by atoms with van der Waals surface area (Å²) in [5.41, 5.74) is 1.69. The van der Waals surface area contributed by atoms with E-state index in [1.54, 1.807) is 0 Å². The number of hydrogen-bond donors (Lipinski definition) is 2. The van der Waals surface area contributed by atoms with Gasteiger partial charge in [-0.05, 0) is 30.3 Å². The number of hydrogen-bond acceptors (Lipinski definition) is 4. The van der Waals surface area contributed by atoms with Crippen molar-refractivity contribution in [3.8, 4) is 11.4 Å². The molecule has 0 aliphatic heterocycles. The minimum absolute atomic E-state index is 0.104. The van der Waals surface area contributed by atoms with Crippen LogP contribution < -0.4 is 5.32 Å². The normalized spacial score (nSPS) is 10.6. The van der Waals surface area contributed by atoms with Gasteiger partial charge in [0.15, 0.2) is 5.82 Å². The van der Waals surface area contributed by atoms with E-state index in [9.17, 15) is 4.79 Å². The van der Waals surface area contributed by atoms with Crippen LogP contribution in [-0.2, 0) is 4.79 Å². The van der Waals surface area contributed by atoms with Gasteiger partial charge in [-0.2, -0.15) is 0 Å². The van der Waals surface area contributed by atoms with Crippen LogP contribution in [0, 0.1) is 0 Å². The van der Waals surface area contributed by atoms with Crippen LogP contribution in [0.3, 0.4) is 0 Å².